The molecule has 0 spiro atoms. The predicted molar refractivity (Wildman–Crippen MR) is 81.3 cm³/mol. The highest BCUT2D eigenvalue weighted by molar-refractivity contribution is 6.30. The lowest BCUT2D eigenvalue weighted by Crippen LogP contribution is -2.19. The first-order chi connectivity index (χ1) is 9.88. The van der Waals surface area contributed by atoms with Gasteiger partial charge in [0.05, 0.1) is 11.3 Å². The number of anilines is 2. The number of hydrogen-bond acceptors (Lipinski definition) is 3. The number of aromatic carboxylic acids is 1. The van der Waals surface area contributed by atoms with Gasteiger partial charge in [-0.15, -0.1) is 0 Å². The Bertz CT molecular complexity index is 674. The molecule has 2 rings (SSSR count). The average molecular weight is 309 g/mol. The molecule has 4 nitrogen and oxygen atoms in total. The lowest BCUT2D eigenvalue weighted by atomic mass is 10.1. The molecule has 0 saturated carbocycles. The maximum absolute atomic E-state index is 14.0. The number of nitrogen functional groups attached to an aromatic ring is 1. The third-order valence-electron chi connectivity index (χ3n) is 3.09. The average Bonchev–Trinajstić information content (AvgIpc) is 2.40. The molecule has 6 heteroatoms. The van der Waals surface area contributed by atoms with Crippen LogP contribution in [-0.4, -0.2) is 18.1 Å². The quantitative estimate of drug-likeness (QED) is 0.850. The van der Waals surface area contributed by atoms with E-state index < -0.39 is 11.8 Å². The molecule has 2 aromatic carbocycles. The minimum Gasteiger partial charge on any atom is -0.478 e. The highest BCUT2D eigenvalue weighted by atomic mass is 35.5. The summed E-state index contributed by atoms with van der Waals surface area (Å²) in [5, 5.41) is 9.67. The molecule has 0 heterocycles. The maximum Gasteiger partial charge on any atom is 0.337 e. The zero-order chi connectivity index (χ0) is 15.6. The summed E-state index contributed by atoms with van der Waals surface area (Å²) in [4.78, 5) is 12.7. The molecule has 0 aliphatic carbocycles. The van der Waals surface area contributed by atoms with E-state index in [9.17, 15) is 9.18 Å². The van der Waals surface area contributed by atoms with Gasteiger partial charge in [-0.1, -0.05) is 23.7 Å². The number of carboxylic acids is 1. The van der Waals surface area contributed by atoms with Crippen molar-refractivity contribution in [3.8, 4) is 0 Å². The van der Waals surface area contributed by atoms with Crippen LogP contribution in [-0.2, 0) is 6.54 Å². The number of halogens is 2. The Morgan fingerprint density at radius 3 is 2.52 bits per heavy atom. The van der Waals surface area contributed by atoms with Crippen LogP contribution >= 0.6 is 11.6 Å². The molecule has 0 aliphatic heterocycles. The summed E-state index contributed by atoms with van der Waals surface area (Å²) in [7, 11) is 1.68. The lowest BCUT2D eigenvalue weighted by Gasteiger charge is -2.21. The van der Waals surface area contributed by atoms with Gasteiger partial charge >= 0.3 is 5.97 Å². The van der Waals surface area contributed by atoms with E-state index in [1.807, 2.05) is 12.1 Å². The van der Waals surface area contributed by atoms with Crippen molar-refractivity contribution in [1.29, 1.82) is 0 Å². The van der Waals surface area contributed by atoms with E-state index in [1.165, 1.54) is 6.07 Å². The Balaban J connectivity index is 2.30. The minimum atomic E-state index is -1.19. The second-order valence-corrected chi connectivity index (χ2v) is 5.11. The first kappa shape index (κ1) is 15.1. The Morgan fingerprint density at radius 1 is 1.33 bits per heavy atom. The molecule has 21 heavy (non-hydrogen) atoms. The van der Waals surface area contributed by atoms with E-state index in [0.717, 1.165) is 11.6 Å². The number of rotatable bonds is 4. The molecule has 0 atom stereocenters. The third-order valence-corrected chi connectivity index (χ3v) is 3.35. The number of nitrogens with zero attached hydrogens (tertiary/aromatic N) is 1. The molecular weight excluding hydrogens is 295 g/mol. The lowest BCUT2D eigenvalue weighted by molar-refractivity contribution is 0.0698. The fraction of sp³-hybridized carbons (Fsp3) is 0.133. The van der Waals surface area contributed by atoms with Gasteiger partial charge in [0.25, 0.3) is 0 Å². The Labute approximate surface area is 126 Å². The molecule has 0 amide bonds. The summed E-state index contributed by atoms with van der Waals surface area (Å²) in [6, 6.07) is 9.40. The summed E-state index contributed by atoms with van der Waals surface area (Å²) < 4.78 is 14.0. The van der Waals surface area contributed by atoms with Crippen LogP contribution in [0.25, 0.3) is 0 Å². The van der Waals surface area contributed by atoms with Gasteiger partial charge in [0.2, 0.25) is 0 Å². The zero-order valence-corrected chi connectivity index (χ0v) is 12.1. The summed E-state index contributed by atoms with van der Waals surface area (Å²) in [6.07, 6.45) is 0. The van der Waals surface area contributed by atoms with Gasteiger partial charge in [-0.05, 0) is 29.8 Å². The van der Waals surface area contributed by atoms with Crippen LogP contribution in [0.2, 0.25) is 5.02 Å². The van der Waals surface area contributed by atoms with Gasteiger partial charge in [-0.25, -0.2) is 9.18 Å². The van der Waals surface area contributed by atoms with Crippen molar-refractivity contribution in [2.75, 3.05) is 17.7 Å². The van der Waals surface area contributed by atoms with Crippen molar-refractivity contribution in [2.24, 2.45) is 0 Å². The van der Waals surface area contributed by atoms with Crippen LogP contribution < -0.4 is 10.6 Å². The van der Waals surface area contributed by atoms with Crippen molar-refractivity contribution in [3.63, 3.8) is 0 Å². The number of nitrogens with two attached hydrogens (primary N) is 1. The smallest absolute Gasteiger partial charge is 0.337 e. The van der Waals surface area contributed by atoms with E-state index >= 15 is 0 Å². The van der Waals surface area contributed by atoms with Crippen molar-refractivity contribution in [1.82, 2.24) is 0 Å². The van der Waals surface area contributed by atoms with E-state index in [0.29, 0.717) is 11.6 Å². The molecule has 0 unspecified atom stereocenters. The van der Waals surface area contributed by atoms with Gasteiger partial charge in [-0.3, -0.25) is 0 Å². The van der Waals surface area contributed by atoms with Crippen LogP contribution in [0, 0.1) is 5.82 Å². The Hall–Kier alpha value is -2.27. The monoisotopic (exact) mass is 308 g/mol. The maximum atomic E-state index is 14.0. The molecule has 0 fully saturated rings. The van der Waals surface area contributed by atoms with Gasteiger partial charge in [0.15, 0.2) is 0 Å². The van der Waals surface area contributed by atoms with Crippen LogP contribution in [0.1, 0.15) is 15.9 Å². The van der Waals surface area contributed by atoms with Crippen LogP contribution in [0.3, 0.4) is 0 Å². The van der Waals surface area contributed by atoms with Crippen molar-refractivity contribution in [2.45, 2.75) is 6.54 Å². The number of carboxylic acid groups (broad SMARTS) is 1. The molecule has 0 aliphatic rings. The van der Waals surface area contributed by atoms with Crippen LogP contribution in [0.4, 0.5) is 15.8 Å². The molecular formula is C15H14ClFN2O2. The second kappa shape index (κ2) is 6.01. The molecule has 110 valence electrons. The van der Waals surface area contributed by atoms with Crippen molar-refractivity contribution >= 4 is 28.9 Å². The number of carbonyl (C=O) groups is 1. The summed E-state index contributed by atoms with van der Waals surface area (Å²) in [6.45, 7) is 0.414. The van der Waals surface area contributed by atoms with Gasteiger partial charge in [0.1, 0.15) is 5.82 Å². The SMILES string of the molecule is CN(Cc1ccc(Cl)cc1)c1cc(C(=O)O)c(N)cc1F. The fourth-order valence-corrected chi connectivity index (χ4v) is 2.13. The molecule has 3 N–H and O–H groups in total. The van der Waals surface area contributed by atoms with Crippen molar-refractivity contribution < 1.29 is 14.3 Å². The summed E-state index contributed by atoms with van der Waals surface area (Å²) in [5.74, 6) is -1.75. The van der Waals surface area contributed by atoms with Crippen LogP contribution in [0.5, 0.6) is 0 Å². The largest absolute Gasteiger partial charge is 0.478 e. The Morgan fingerprint density at radius 2 is 1.95 bits per heavy atom. The Kier molecular flexibility index (Phi) is 4.33. The highest BCUT2D eigenvalue weighted by Crippen LogP contribution is 2.26. The topological polar surface area (TPSA) is 66.6 Å². The second-order valence-electron chi connectivity index (χ2n) is 4.68. The minimum absolute atomic E-state index is 0.0938. The van der Waals surface area contributed by atoms with E-state index in [2.05, 4.69) is 0 Å². The molecule has 0 aromatic heterocycles. The van der Waals surface area contributed by atoms with Crippen molar-refractivity contribution in [3.05, 3.63) is 58.4 Å². The standard InChI is InChI=1S/C15H14ClFN2O2/c1-19(8-9-2-4-10(16)5-3-9)14-6-11(15(20)21)13(18)7-12(14)17/h2-7H,8,18H2,1H3,(H,20,21). The van der Waals surface area contributed by atoms with E-state index in [4.69, 9.17) is 22.4 Å². The summed E-state index contributed by atoms with van der Waals surface area (Å²) in [5.41, 5.74) is 6.40. The third kappa shape index (κ3) is 3.44. The molecule has 2 aromatic rings. The van der Waals surface area contributed by atoms with E-state index in [-0.39, 0.29) is 16.9 Å². The van der Waals surface area contributed by atoms with Crippen LogP contribution in [0.15, 0.2) is 36.4 Å². The zero-order valence-electron chi connectivity index (χ0n) is 11.3. The normalized spacial score (nSPS) is 10.4. The predicted octanol–water partition coefficient (Wildman–Crippen LogP) is 3.40. The molecule has 0 bridgehead atoms. The van der Waals surface area contributed by atoms with E-state index in [1.54, 1.807) is 24.1 Å². The highest BCUT2D eigenvalue weighted by Gasteiger charge is 2.16. The van der Waals surface area contributed by atoms with Gasteiger partial charge in [-0.2, -0.15) is 0 Å². The molecule has 0 radical (unpaired) electrons. The first-order valence-corrected chi connectivity index (χ1v) is 6.54. The summed E-state index contributed by atoms with van der Waals surface area (Å²) >= 11 is 5.81. The fourth-order valence-electron chi connectivity index (χ4n) is 2.00. The van der Waals surface area contributed by atoms with Gasteiger partial charge < -0.3 is 15.7 Å². The molecule has 0 saturated heterocycles. The number of hydrogen-bond donors (Lipinski definition) is 2. The first-order valence-electron chi connectivity index (χ1n) is 6.16. The van der Waals surface area contributed by atoms with Gasteiger partial charge in [0, 0.05) is 24.3 Å². The number of benzene rings is 2.